The predicted octanol–water partition coefficient (Wildman–Crippen LogP) is 4.32. The molecule has 0 amide bonds. The molecule has 0 spiro atoms. The molecule has 0 saturated carbocycles. The van der Waals surface area contributed by atoms with Crippen molar-refractivity contribution in [2.75, 3.05) is 0 Å². The maximum Gasteiger partial charge on any atom is 0.303 e. The summed E-state index contributed by atoms with van der Waals surface area (Å²) < 4.78 is 0. The first kappa shape index (κ1) is 14.9. The topological polar surface area (TPSA) is 37.3 Å². The molecule has 0 saturated heterocycles. The van der Waals surface area contributed by atoms with Gasteiger partial charge in [0.05, 0.1) is 0 Å². The average molecular weight is 224 g/mol. The normalized spacial score (nSPS) is 11.6. The lowest BCUT2D eigenvalue weighted by molar-refractivity contribution is -0.136. The summed E-state index contributed by atoms with van der Waals surface area (Å²) >= 11 is 0. The molecule has 2 heteroatoms. The van der Waals surface area contributed by atoms with Crippen molar-refractivity contribution in [2.24, 2.45) is 0 Å². The summed E-state index contributed by atoms with van der Waals surface area (Å²) in [6.45, 7) is 2.06. The standard InChI is InChI=1S/C14H24O2/c1-2-3-4-5-6-7-8-9-10-11-12-13-14(15)16/h2-3,10-11H,4-9,12-13H2,1H3,(H,15,16)/b3-2+,11-10+. The highest BCUT2D eigenvalue weighted by Gasteiger charge is 1.91. The Balaban J connectivity index is 3.11. The van der Waals surface area contributed by atoms with Crippen molar-refractivity contribution in [3.05, 3.63) is 24.3 Å². The molecule has 0 aromatic carbocycles. The van der Waals surface area contributed by atoms with Gasteiger partial charge in [-0.3, -0.25) is 4.79 Å². The summed E-state index contributed by atoms with van der Waals surface area (Å²) in [6, 6.07) is 0. The Hall–Kier alpha value is -1.05. The van der Waals surface area contributed by atoms with Crippen LogP contribution in [0.5, 0.6) is 0 Å². The van der Waals surface area contributed by atoms with E-state index in [-0.39, 0.29) is 6.42 Å². The SMILES string of the molecule is C/C=C/CCCCCC/C=C/CCC(=O)O. The number of hydrogen-bond acceptors (Lipinski definition) is 1. The van der Waals surface area contributed by atoms with Gasteiger partial charge in [0.1, 0.15) is 0 Å². The second kappa shape index (κ2) is 12.0. The second-order valence-electron chi connectivity index (χ2n) is 3.96. The highest BCUT2D eigenvalue weighted by molar-refractivity contribution is 5.66. The summed E-state index contributed by atoms with van der Waals surface area (Å²) in [5.74, 6) is -0.714. The molecule has 0 aromatic heterocycles. The third-order valence-electron chi connectivity index (χ3n) is 2.42. The van der Waals surface area contributed by atoms with Crippen LogP contribution in [0.3, 0.4) is 0 Å². The number of unbranched alkanes of at least 4 members (excludes halogenated alkanes) is 5. The second-order valence-corrected chi connectivity index (χ2v) is 3.96. The van der Waals surface area contributed by atoms with E-state index in [2.05, 4.69) is 25.2 Å². The van der Waals surface area contributed by atoms with E-state index in [1.165, 1.54) is 32.1 Å². The fraction of sp³-hybridized carbons (Fsp3) is 0.643. The summed E-state index contributed by atoms with van der Waals surface area (Å²) in [4.78, 5) is 10.2. The van der Waals surface area contributed by atoms with E-state index >= 15 is 0 Å². The zero-order valence-corrected chi connectivity index (χ0v) is 10.3. The van der Waals surface area contributed by atoms with Crippen molar-refractivity contribution in [1.29, 1.82) is 0 Å². The molecule has 0 radical (unpaired) electrons. The lowest BCUT2D eigenvalue weighted by Gasteiger charge is -1.96. The van der Waals surface area contributed by atoms with Crippen LogP contribution < -0.4 is 0 Å². The Bertz CT molecular complexity index is 217. The third-order valence-corrected chi connectivity index (χ3v) is 2.42. The molecular formula is C14H24O2. The molecule has 0 bridgehead atoms. The number of allylic oxidation sites excluding steroid dienone is 4. The van der Waals surface area contributed by atoms with Crippen LogP contribution in [0.25, 0.3) is 0 Å². The van der Waals surface area contributed by atoms with Crippen LogP contribution in [-0.4, -0.2) is 11.1 Å². The van der Waals surface area contributed by atoms with E-state index in [1.807, 2.05) is 6.08 Å². The van der Waals surface area contributed by atoms with Crippen LogP contribution in [0.4, 0.5) is 0 Å². The minimum absolute atomic E-state index is 0.250. The Kier molecular flexibility index (Phi) is 11.2. The molecular weight excluding hydrogens is 200 g/mol. The number of aliphatic carboxylic acids is 1. The van der Waals surface area contributed by atoms with Gasteiger partial charge < -0.3 is 5.11 Å². The van der Waals surface area contributed by atoms with Crippen LogP contribution >= 0.6 is 0 Å². The van der Waals surface area contributed by atoms with E-state index in [9.17, 15) is 4.79 Å². The van der Waals surface area contributed by atoms with Gasteiger partial charge in [-0.25, -0.2) is 0 Å². The van der Waals surface area contributed by atoms with E-state index in [0.29, 0.717) is 6.42 Å². The van der Waals surface area contributed by atoms with Gasteiger partial charge in [-0.2, -0.15) is 0 Å². The van der Waals surface area contributed by atoms with Gasteiger partial charge in [-0.1, -0.05) is 37.1 Å². The van der Waals surface area contributed by atoms with Crippen LogP contribution in [0.15, 0.2) is 24.3 Å². The zero-order valence-electron chi connectivity index (χ0n) is 10.3. The monoisotopic (exact) mass is 224 g/mol. The Labute approximate surface area is 99.1 Å². The molecule has 0 aliphatic heterocycles. The molecule has 1 N–H and O–H groups in total. The average Bonchev–Trinajstić information content (AvgIpc) is 2.25. The quantitative estimate of drug-likeness (QED) is 0.443. The van der Waals surface area contributed by atoms with Crippen molar-refractivity contribution in [2.45, 2.75) is 58.3 Å². The zero-order chi connectivity index (χ0) is 12.1. The first-order valence-corrected chi connectivity index (χ1v) is 6.25. The highest BCUT2D eigenvalue weighted by Crippen LogP contribution is 2.06. The number of hydrogen-bond donors (Lipinski definition) is 1. The third kappa shape index (κ3) is 12.9. The van der Waals surface area contributed by atoms with Crippen molar-refractivity contribution >= 4 is 5.97 Å². The minimum Gasteiger partial charge on any atom is -0.481 e. The van der Waals surface area contributed by atoms with Crippen molar-refractivity contribution in [3.63, 3.8) is 0 Å². The molecule has 2 nitrogen and oxygen atoms in total. The molecule has 0 atom stereocenters. The first-order chi connectivity index (χ1) is 7.77. The van der Waals surface area contributed by atoms with E-state index in [4.69, 9.17) is 5.11 Å². The summed E-state index contributed by atoms with van der Waals surface area (Å²) in [7, 11) is 0. The number of carboxylic acids is 1. The number of carboxylic acid groups (broad SMARTS) is 1. The van der Waals surface area contributed by atoms with Crippen molar-refractivity contribution in [3.8, 4) is 0 Å². The molecule has 92 valence electrons. The van der Waals surface area contributed by atoms with Gasteiger partial charge in [0.15, 0.2) is 0 Å². The fourth-order valence-corrected chi connectivity index (χ4v) is 1.49. The van der Waals surface area contributed by atoms with Crippen LogP contribution in [0.2, 0.25) is 0 Å². The van der Waals surface area contributed by atoms with Gasteiger partial charge in [0.25, 0.3) is 0 Å². The maximum absolute atomic E-state index is 10.2. The Morgan fingerprint density at radius 3 is 2.06 bits per heavy atom. The summed E-state index contributed by atoms with van der Waals surface area (Å²) in [5, 5.41) is 8.42. The van der Waals surface area contributed by atoms with Gasteiger partial charge in [0.2, 0.25) is 0 Å². The highest BCUT2D eigenvalue weighted by atomic mass is 16.4. The van der Waals surface area contributed by atoms with Gasteiger partial charge in [0, 0.05) is 6.42 Å². The van der Waals surface area contributed by atoms with Crippen LogP contribution in [0, 0.1) is 0 Å². The molecule has 16 heavy (non-hydrogen) atoms. The smallest absolute Gasteiger partial charge is 0.303 e. The molecule has 0 aromatic rings. The number of rotatable bonds is 10. The summed E-state index contributed by atoms with van der Waals surface area (Å²) in [6.07, 6.45) is 16.7. The lowest BCUT2D eigenvalue weighted by atomic mass is 10.1. The van der Waals surface area contributed by atoms with E-state index < -0.39 is 5.97 Å². The Morgan fingerprint density at radius 1 is 0.938 bits per heavy atom. The largest absolute Gasteiger partial charge is 0.481 e. The summed E-state index contributed by atoms with van der Waals surface area (Å²) in [5.41, 5.74) is 0. The van der Waals surface area contributed by atoms with Crippen molar-refractivity contribution in [1.82, 2.24) is 0 Å². The van der Waals surface area contributed by atoms with Gasteiger partial charge in [-0.15, -0.1) is 0 Å². The van der Waals surface area contributed by atoms with E-state index in [1.54, 1.807) is 0 Å². The van der Waals surface area contributed by atoms with Gasteiger partial charge in [-0.05, 0) is 39.0 Å². The molecule has 0 aliphatic rings. The molecule has 0 fully saturated rings. The maximum atomic E-state index is 10.2. The minimum atomic E-state index is -0.714. The Morgan fingerprint density at radius 2 is 1.50 bits per heavy atom. The first-order valence-electron chi connectivity index (χ1n) is 6.25. The lowest BCUT2D eigenvalue weighted by Crippen LogP contribution is -1.91. The van der Waals surface area contributed by atoms with Gasteiger partial charge >= 0.3 is 5.97 Å². The molecule has 0 heterocycles. The van der Waals surface area contributed by atoms with Crippen LogP contribution in [-0.2, 0) is 4.79 Å². The predicted molar refractivity (Wildman–Crippen MR) is 68.5 cm³/mol. The van der Waals surface area contributed by atoms with Crippen molar-refractivity contribution < 1.29 is 9.90 Å². The fourth-order valence-electron chi connectivity index (χ4n) is 1.49. The van der Waals surface area contributed by atoms with Crippen LogP contribution in [0.1, 0.15) is 58.3 Å². The molecule has 0 unspecified atom stereocenters. The molecule has 0 aliphatic carbocycles. The number of carbonyl (C=O) groups is 1. The molecule has 0 rings (SSSR count). The van der Waals surface area contributed by atoms with E-state index in [0.717, 1.165) is 6.42 Å².